The van der Waals surface area contributed by atoms with Crippen molar-refractivity contribution in [3.05, 3.63) is 100 Å². The molecular weight excluding hydrogens is 503 g/mol. The number of rotatable bonds is 8. The monoisotopic (exact) mass is 527 g/mol. The van der Waals surface area contributed by atoms with Crippen LogP contribution in [0, 0.1) is 12.7 Å². The van der Waals surface area contributed by atoms with Gasteiger partial charge in [-0.2, -0.15) is 26.3 Å². The number of alkyl halides is 6. The van der Waals surface area contributed by atoms with E-state index in [1.165, 1.54) is 37.4 Å². The maximum Gasteiger partial charge on any atom is 0.433 e. The first-order valence-electron chi connectivity index (χ1n) is 11.2. The second-order valence-electron chi connectivity index (χ2n) is 8.48. The van der Waals surface area contributed by atoms with Crippen molar-refractivity contribution in [3.8, 4) is 0 Å². The minimum Gasteiger partial charge on any atom is -0.358 e. The highest BCUT2D eigenvalue weighted by atomic mass is 19.4. The van der Waals surface area contributed by atoms with E-state index in [-0.39, 0.29) is 18.4 Å². The maximum atomic E-state index is 13.9. The molecule has 0 aliphatic rings. The van der Waals surface area contributed by atoms with Crippen LogP contribution < -0.4 is 10.6 Å². The second-order valence-corrected chi connectivity index (χ2v) is 8.48. The van der Waals surface area contributed by atoms with Gasteiger partial charge in [0.25, 0.3) is 0 Å². The number of pyridine rings is 1. The molecule has 37 heavy (non-hydrogen) atoms. The maximum absolute atomic E-state index is 13.9. The molecule has 1 aromatic heterocycles. The number of carbonyl (C=O) groups excluding carboxylic acids is 1. The van der Waals surface area contributed by atoms with Gasteiger partial charge in [-0.15, -0.1) is 0 Å². The van der Waals surface area contributed by atoms with Crippen molar-refractivity contribution < 1.29 is 35.5 Å². The quantitative estimate of drug-likeness (QED) is 0.337. The van der Waals surface area contributed by atoms with Crippen molar-refractivity contribution in [2.24, 2.45) is 0 Å². The lowest BCUT2D eigenvalue weighted by Crippen LogP contribution is -2.38. The van der Waals surface area contributed by atoms with Gasteiger partial charge < -0.3 is 5.32 Å². The number of halogens is 7. The second kappa shape index (κ2) is 11.3. The Morgan fingerprint density at radius 3 is 2.08 bits per heavy atom. The van der Waals surface area contributed by atoms with Gasteiger partial charge in [-0.1, -0.05) is 30.3 Å². The Morgan fingerprint density at radius 2 is 1.57 bits per heavy atom. The predicted octanol–water partition coefficient (Wildman–Crippen LogP) is 6.32. The number of likely N-dealkylation sites (N-methyl/N-ethyl adjacent to an activating group) is 1. The zero-order chi connectivity index (χ0) is 27.4. The standard InChI is InChI=1S/C26H24F7N3O/c1-15-13-18(7-10-20(15)27)21(11-3-16-4-12-22(35-14-16)26(31,32)33)36-23(24(37)34-2)17-5-8-19(9-6-17)25(28,29)30/h4-10,12-14,21,23,36H,3,11H2,1-2H3,(H,34,37)/t21-,23+/m0/s1. The Bertz CT molecular complexity index is 1210. The van der Waals surface area contributed by atoms with Gasteiger partial charge in [-0.3, -0.25) is 15.1 Å². The molecule has 0 saturated carbocycles. The van der Waals surface area contributed by atoms with E-state index < -0.39 is 47.4 Å². The van der Waals surface area contributed by atoms with E-state index in [2.05, 4.69) is 15.6 Å². The minimum atomic E-state index is -4.57. The van der Waals surface area contributed by atoms with E-state index in [0.29, 0.717) is 16.7 Å². The smallest absolute Gasteiger partial charge is 0.358 e. The molecule has 2 atom stereocenters. The van der Waals surface area contributed by atoms with Crippen LogP contribution in [-0.4, -0.2) is 17.9 Å². The summed E-state index contributed by atoms with van der Waals surface area (Å²) in [5, 5.41) is 5.61. The number of amides is 1. The number of carbonyl (C=O) groups is 1. The number of nitrogens with one attached hydrogen (secondary N) is 2. The number of aromatic nitrogens is 1. The molecule has 0 aliphatic carbocycles. The molecule has 1 heterocycles. The van der Waals surface area contributed by atoms with E-state index in [0.717, 1.165) is 24.4 Å². The average Bonchev–Trinajstić information content (AvgIpc) is 2.85. The van der Waals surface area contributed by atoms with E-state index in [1.54, 1.807) is 13.0 Å². The summed E-state index contributed by atoms with van der Waals surface area (Å²) in [5.74, 6) is -0.959. The Labute approximate surface area is 208 Å². The van der Waals surface area contributed by atoms with Crippen LogP contribution in [-0.2, 0) is 23.6 Å². The molecule has 2 N–H and O–H groups in total. The van der Waals surface area contributed by atoms with Crippen molar-refractivity contribution in [2.75, 3.05) is 7.05 Å². The van der Waals surface area contributed by atoms with Crippen LogP contribution >= 0.6 is 0 Å². The number of nitrogens with zero attached hydrogens (tertiary/aromatic N) is 1. The first-order chi connectivity index (χ1) is 17.3. The molecule has 1 amide bonds. The largest absolute Gasteiger partial charge is 0.433 e. The molecule has 11 heteroatoms. The Morgan fingerprint density at radius 1 is 0.919 bits per heavy atom. The molecule has 0 unspecified atom stereocenters. The van der Waals surface area contributed by atoms with Crippen molar-refractivity contribution in [2.45, 2.75) is 44.2 Å². The molecule has 3 rings (SSSR count). The topological polar surface area (TPSA) is 54.0 Å². The van der Waals surface area contributed by atoms with E-state index >= 15 is 0 Å². The van der Waals surface area contributed by atoms with E-state index in [9.17, 15) is 35.5 Å². The minimum absolute atomic E-state index is 0.257. The third kappa shape index (κ3) is 7.28. The highest BCUT2D eigenvalue weighted by Crippen LogP contribution is 2.32. The van der Waals surface area contributed by atoms with Crippen LogP contribution in [0.15, 0.2) is 60.8 Å². The molecule has 0 saturated heterocycles. The third-order valence-corrected chi connectivity index (χ3v) is 5.87. The van der Waals surface area contributed by atoms with Crippen molar-refractivity contribution in [3.63, 3.8) is 0 Å². The fourth-order valence-corrected chi connectivity index (χ4v) is 3.82. The van der Waals surface area contributed by atoms with E-state index in [1.807, 2.05) is 0 Å². The van der Waals surface area contributed by atoms with Crippen LogP contribution in [0.3, 0.4) is 0 Å². The summed E-state index contributed by atoms with van der Waals surface area (Å²) < 4.78 is 91.4. The van der Waals surface area contributed by atoms with Crippen LogP contribution in [0.4, 0.5) is 30.7 Å². The van der Waals surface area contributed by atoms with Crippen LogP contribution in [0.25, 0.3) is 0 Å². The first-order valence-corrected chi connectivity index (χ1v) is 11.2. The molecule has 4 nitrogen and oxygen atoms in total. The molecule has 198 valence electrons. The Kier molecular flexibility index (Phi) is 8.57. The normalized spacial score (nSPS) is 13.8. The fourth-order valence-electron chi connectivity index (χ4n) is 3.82. The SMILES string of the molecule is CNC(=O)[C@H](N[C@@H](CCc1ccc(C(F)(F)F)nc1)c1ccc(F)c(C)c1)c1ccc(C(F)(F)F)cc1. The van der Waals surface area contributed by atoms with Gasteiger partial charge in [0.15, 0.2) is 0 Å². The summed E-state index contributed by atoms with van der Waals surface area (Å²) in [5.41, 5.74) is -0.183. The van der Waals surface area contributed by atoms with Crippen molar-refractivity contribution in [1.82, 2.24) is 15.6 Å². The summed E-state index contributed by atoms with van der Waals surface area (Å²) in [4.78, 5) is 16.2. The van der Waals surface area contributed by atoms with Crippen LogP contribution in [0.5, 0.6) is 0 Å². The molecule has 0 fully saturated rings. The van der Waals surface area contributed by atoms with Gasteiger partial charge in [0.1, 0.15) is 17.6 Å². The number of hydrogen-bond acceptors (Lipinski definition) is 3. The van der Waals surface area contributed by atoms with Gasteiger partial charge in [0, 0.05) is 19.3 Å². The van der Waals surface area contributed by atoms with Crippen LogP contribution in [0.2, 0.25) is 0 Å². The van der Waals surface area contributed by atoms with Crippen molar-refractivity contribution >= 4 is 5.91 Å². The fraction of sp³-hybridized carbons (Fsp3) is 0.308. The molecule has 0 spiro atoms. The zero-order valence-corrected chi connectivity index (χ0v) is 19.8. The molecular formula is C26H24F7N3O. The first kappa shape index (κ1) is 28.1. The lowest BCUT2D eigenvalue weighted by molar-refractivity contribution is -0.141. The summed E-state index contributed by atoms with van der Waals surface area (Å²) in [7, 11) is 1.38. The van der Waals surface area contributed by atoms with Crippen molar-refractivity contribution in [1.29, 1.82) is 0 Å². The molecule has 3 aromatic rings. The summed E-state index contributed by atoms with van der Waals surface area (Å²) >= 11 is 0. The zero-order valence-electron chi connectivity index (χ0n) is 19.8. The lowest BCUT2D eigenvalue weighted by atomic mass is 9.95. The Hall–Kier alpha value is -3.47. The molecule has 0 bridgehead atoms. The number of aryl methyl sites for hydroxylation is 2. The molecule has 2 aromatic carbocycles. The predicted molar refractivity (Wildman–Crippen MR) is 123 cm³/mol. The van der Waals surface area contributed by atoms with E-state index in [4.69, 9.17) is 0 Å². The third-order valence-electron chi connectivity index (χ3n) is 5.87. The van der Waals surface area contributed by atoms with Gasteiger partial charge >= 0.3 is 12.4 Å². The van der Waals surface area contributed by atoms with Gasteiger partial charge in [-0.05, 0) is 66.3 Å². The molecule has 0 radical (unpaired) electrons. The number of benzene rings is 2. The average molecular weight is 527 g/mol. The van der Waals surface area contributed by atoms with Gasteiger partial charge in [0.2, 0.25) is 5.91 Å². The summed E-state index contributed by atoms with van der Waals surface area (Å²) in [6.07, 6.45) is -7.48. The molecule has 0 aliphatic heterocycles. The lowest BCUT2D eigenvalue weighted by Gasteiger charge is -2.26. The highest BCUT2D eigenvalue weighted by Gasteiger charge is 2.33. The van der Waals surface area contributed by atoms with Crippen LogP contribution in [0.1, 0.15) is 52.0 Å². The van der Waals surface area contributed by atoms with Gasteiger partial charge in [0.05, 0.1) is 5.56 Å². The summed E-state index contributed by atoms with van der Waals surface area (Å²) in [6, 6.07) is 8.99. The number of hydrogen-bond donors (Lipinski definition) is 2. The van der Waals surface area contributed by atoms with Gasteiger partial charge in [-0.25, -0.2) is 4.39 Å². The highest BCUT2D eigenvalue weighted by molar-refractivity contribution is 5.83. The summed E-state index contributed by atoms with van der Waals surface area (Å²) in [6.45, 7) is 1.56. The Balaban J connectivity index is 1.90.